The Balaban J connectivity index is 2.51. The van der Waals surface area contributed by atoms with Gasteiger partial charge in [0, 0.05) is 5.56 Å². The fourth-order valence-corrected chi connectivity index (χ4v) is 1.72. The van der Waals surface area contributed by atoms with Gasteiger partial charge in [0.05, 0.1) is 12.8 Å². The van der Waals surface area contributed by atoms with Crippen LogP contribution in [0.3, 0.4) is 0 Å². The number of ether oxygens (including phenoxy) is 1. The molecule has 0 bridgehead atoms. The minimum Gasteiger partial charge on any atom is -0.497 e. The van der Waals surface area contributed by atoms with Crippen LogP contribution in [0, 0.1) is 4.77 Å². The van der Waals surface area contributed by atoms with Crippen molar-refractivity contribution in [1.29, 1.82) is 0 Å². The summed E-state index contributed by atoms with van der Waals surface area (Å²) in [5.41, 5.74) is 1.25. The maximum atomic E-state index is 11.0. The van der Waals surface area contributed by atoms with Crippen molar-refractivity contribution in [2.75, 3.05) is 7.11 Å². The Morgan fingerprint density at radius 2 is 1.94 bits per heavy atom. The van der Waals surface area contributed by atoms with Gasteiger partial charge in [0.25, 0.3) is 0 Å². The molecule has 1 aromatic carbocycles. The number of benzene rings is 1. The van der Waals surface area contributed by atoms with Crippen molar-refractivity contribution >= 4 is 18.2 Å². The van der Waals surface area contributed by atoms with Gasteiger partial charge >= 0.3 is 5.97 Å². The van der Waals surface area contributed by atoms with Crippen LogP contribution in [0.4, 0.5) is 0 Å². The maximum absolute atomic E-state index is 11.0. The summed E-state index contributed by atoms with van der Waals surface area (Å²) in [7, 11) is 1.57. The molecule has 3 N–H and O–H groups in total. The predicted molar refractivity (Wildman–Crippen MR) is 64.9 cm³/mol. The highest BCUT2D eigenvalue weighted by atomic mass is 32.1. The summed E-state index contributed by atoms with van der Waals surface area (Å²) in [5.74, 6) is -0.345. The van der Waals surface area contributed by atoms with E-state index in [0.29, 0.717) is 11.4 Å². The number of aromatic carboxylic acids is 1. The molecule has 88 valence electrons. The van der Waals surface area contributed by atoms with E-state index in [2.05, 4.69) is 9.97 Å². The summed E-state index contributed by atoms with van der Waals surface area (Å²) in [6.45, 7) is 0. The first-order valence-electron chi connectivity index (χ1n) is 4.82. The Bertz CT molecular complexity index is 598. The second-order valence-electron chi connectivity index (χ2n) is 3.36. The third-order valence-corrected chi connectivity index (χ3v) is 2.52. The van der Waals surface area contributed by atoms with E-state index in [1.54, 1.807) is 31.4 Å². The van der Waals surface area contributed by atoms with Gasteiger partial charge < -0.3 is 19.8 Å². The van der Waals surface area contributed by atoms with Crippen LogP contribution in [0.1, 0.15) is 10.5 Å². The standard InChI is InChI=1S/C11H10N2O3S/c1-16-7-4-2-6(3-5-7)8-9(10(14)15)13-11(17)12-8/h2-5H,1H3,(H,14,15)(H2,12,13,17). The Kier molecular flexibility index (Phi) is 2.97. The number of methoxy groups -OCH3 is 1. The highest BCUT2D eigenvalue weighted by Crippen LogP contribution is 2.23. The van der Waals surface area contributed by atoms with E-state index < -0.39 is 5.97 Å². The molecule has 0 fully saturated rings. The minimum absolute atomic E-state index is 0.0557. The van der Waals surface area contributed by atoms with Gasteiger partial charge in [-0.3, -0.25) is 0 Å². The lowest BCUT2D eigenvalue weighted by atomic mass is 10.1. The van der Waals surface area contributed by atoms with Crippen LogP contribution in [-0.2, 0) is 0 Å². The molecular weight excluding hydrogens is 240 g/mol. The summed E-state index contributed by atoms with van der Waals surface area (Å²) in [6.07, 6.45) is 0. The summed E-state index contributed by atoms with van der Waals surface area (Å²) < 4.78 is 5.32. The lowest BCUT2D eigenvalue weighted by Crippen LogP contribution is -1.99. The quantitative estimate of drug-likeness (QED) is 0.731. The number of carboxylic acid groups (broad SMARTS) is 1. The van der Waals surface area contributed by atoms with Crippen molar-refractivity contribution in [1.82, 2.24) is 9.97 Å². The molecule has 0 spiro atoms. The van der Waals surface area contributed by atoms with E-state index >= 15 is 0 Å². The third kappa shape index (κ3) is 2.21. The maximum Gasteiger partial charge on any atom is 0.354 e. The van der Waals surface area contributed by atoms with Crippen molar-refractivity contribution in [3.8, 4) is 17.0 Å². The van der Waals surface area contributed by atoms with Gasteiger partial charge in [-0.2, -0.15) is 0 Å². The van der Waals surface area contributed by atoms with Crippen LogP contribution in [-0.4, -0.2) is 28.2 Å². The topological polar surface area (TPSA) is 78.1 Å². The molecule has 0 atom stereocenters. The van der Waals surface area contributed by atoms with Crippen LogP contribution in [0.2, 0.25) is 0 Å². The van der Waals surface area contributed by atoms with Gasteiger partial charge in [0.2, 0.25) is 0 Å². The van der Waals surface area contributed by atoms with Crippen LogP contribution in [0.25, 0.3) is 11.3 Å². The first-order chi connectivity index (χ1) is 8.11. The normalized spacial score (nSPS) is 10.2. The molecule has 5 nitrogen and oxygen atoms in total. The van der Waals surface area contributed by atoms with Gasteiger partial charge in [-0.1, -0.05) is 0 Å². The highest BCUT2D eigenvalue weighted by Gasteiger charge is 2.14. The predicted octanol–water partition coefficient (Wildman–Crippen LogP) is 2.45. The van der Waals surface area contributed by atoms with Crippen molar-refractivity contribution < 1.29 is 14.6 Å². The molecule has 0 aliphatic carbocycles. The number of hydrogen-bond donors (Lipinski definition) is 3. The largest absolute Gasteiger partial charge is 0.497 e. The first-order valence-corrected chi connectivity index (χ1v) is 5.22. The molecule has 2 rings (SSSR count). The van der Waals surface area contributed by atoms with Gasteiger partial charge in [0.15, 0.2) is 10.5 Å². The molecule has 0 saturated carbocycles. The van der Waals surface area contributed by atoms with E-state index in [0.717, 1.165) is 5.56 Å². The molecule has 0 saturated heterocycles. The lowest BCUT2D eigenvalue weighted by Gasteiger charge is -2.02. The average Bonchev–Trinajstić information content (AvgIpc) is 2.72. The van der Waals surface area contributed by atoms with E-state index in [9.17, 15) is 4.79 Å². The number of nitrogens with one attached hydrogen (secondary N) is 2. The van der Waals surface area contributed by atoms with Gasteiger partial charge in [-0.05, 0) is 36.5 Å². The van der Waals surface area contributed by atoms with E-state index in [1.807, 2.05) is 0 Å². The number of carbonyl (C=O) groups is 1. The average molecular weight is 250 g/mol. The number of imidazole rings is 1. The van der Waals surface area contributed by atoms with Crippen molar-refractivity contribution in [2.24, 2.45) is 0 Å². The minimum atomic E-state index is -1.05. The van der Waals surface area contributed by atoms with E-state index in [-0.39, 0.29) is 10.5 Å². The second-order valence-corrected chi connectivity index (χ2v) is 3.77. The van der Waals surface area contributed by atoms with Crippen molar-refractivity contribution in [3.05, 3.63) is 34.7 Å². The zero-order valence-corrected chi connectivity index (χ0v) is 9.80. The number of aromatic amines is 2. The number of aromatic nitrogens is 2. The number of hydrogen-bond acceptors (Lipinski definition) is 3. The number of rotatable bonds is 3. The van der Waals surface area contributed by atoms with Crippen molar-refractivity contribution in [3.63, 3.8) is 0 Å². The fraction of sp³-hybridized carbons (Fsp3) is 0.0909. The summed E-state index contributed by atoms with van der Waals surface area (Å²) in [5, 5.41) is 9.02. The Morgan fingerprint density at radius 1 is 1.29 bits per heavy atom. The zero-order chi connectivity index (χ0) is 12.4. The fourth-order valence-electron chi connectivity index (χ4n) is 1.52. The SMILES string of the molecule is COc1ccc(-c2[nH]c(=S)[nH]c2C(=O)O)cc1. The van der Waals surface area contributed by atoms with Crippen LogP contribution in [0.5, 0.6) is 5.75 Å². The molecule has 1 heterocycles. The Morgan fingerprint density at radius 3 is 2.47 bits per heavy atom. The van der Waals surface area contributed by atoms with E-state index in [4.69, 9.17) is 22.1 Å². The number of H-pyrrole nitrogens is 2. The summed E-state index contributed by atoms with van der Waals surface area (Å²) in [6, 6.07) is 7.04. The molecule has 0 unspecified atom stereocenters. The molecule has 0 radical (unpaired) electrons. The molecule has 1 aromatic heterocycles. The monoisotopic (exact) mass is 250 g/mol. The van der Waals surface area contributed by atoms with Gasteiger partial charge in [0.1, 0.15) is 5.75 Å². The molecule has 2 aromatic rings. The van der Waals surface area contributed by atoms with Crippen LogP contribution >= 0.6 is 12.2 Å². The molecule has 0 amide bonds. The third-order valence-electron chi connectivity index (χ3n) is 2.32. The second kappa shape index (κ2) is 4.42. The summed E-state index contributed by atoms with van der Waals surface area (Å²) >= 11 is 4.89. The van der Waals surface area contributed by atoms with Gasteiger partial charge in [-0.25, -0.2) is 4.79 Å². The smallest absolute Gasteiger partial charge is 0.354 e. The Labute approximate surface area is 102 Å². The van der Waals surface area contributed by atoms with Crippen LogP contribution < -0.4 is 4.74 Å². The van der Waals surface area contributed by atoms with Crippen LogP contribution in [0.15, 0.2) is 24.3 Å². The molecule has 6 heteroatoms. The molecular formula is C11H10N2O3S. The van der Waals surface area contributed by atoms with Gasteiger partial charge in [-0.15, -0.1) is 0 Å². The lowest BCUT2D eigenvalue weighted by molar-refractivity contribution is 0.0692. The first kappa shape index (κ1) is 11.4. The molecule has 0 aliphatic rings. The van der Waals surface area contributed by atoms with E-state index in [1.165, 1.54) is 0 Å². The zero-order valence-electron chi connectivity index (χ0n) is 8.98. The molecule has 0 aliphatic heterocycles. The number of carboxylic acids is 1. The highest BCUT2D eigenvalue weighted by molar-refractivity contribution is 7.71. The molecule has 17 heavy (non-hydrogen) atoms. The van der Waals surface area contributed by atoms with Crippen molar-refractivity contribution in [2.45, 2.75) is 0 Å². The Hall–Kier alpha value is -2.08. The summed E-state index contributed by atoms with van der Waals surface area (Å²) in [4.78, 5) is 16.4.